The number of amides is 3. The highest BCUT2D eigenvalue weighted by Crippen LogP contribution is 2.32. The predicted molar refractivity (Wildman–Crippen MR) is 145 cm³/mol. The van der Waals surface area contributed by atoms with Crippen molar-refractivity contribution in [2.45, 2.75) is 87.2 Å². The van der Waals surface area contributed by atoms with Crippen LogP contribution in [0.4, 0.5) is 0 Å². The number of carbonyl (C=O) groups is 4. The van der Waals surface area contributed by atoms with Crippen molar-refractivity contribution in [3.8, 4) is 0 Å². The van der Waals surface area contributed by atoms with E-state index in [2.05, 4.69) is 50.1 Å². The summed E-state index contributed by atoms with van der Waals surface area (Å²) in [5.74, 6) is -1.67. The number of ketones is 1. The third-order valence-electron chi connectivity index (χ3n) is 6.66. The van der Waals surface area contributed by atoms with Gasteiger partial charge in [0.15, 0.2) is 5.78 Å². The molecule has 0 radical (unpaired) electrons. The van der Waals surface area contributed by atoms with Crippen molar-refractivity contribution in [3.05, 3.63) is 35.5 Å². The summed E-state index contributed by atoms with van der Waals surface area (Å²) in [6, 6.07) is -1.56. The Kier molecular flexibility index (Phi) is 11.3. The van der Waals surface area contributed by atoms with Gasteiger partial charge >= 0.3 is 0 Å². The van der Waals surface area contributed by atoms with Gasteiger partial charge in [-0.05, 0) is 43.9 Å². The summed E-state index contributed by atoms with van der Waals surface area (Å²) in [6.45, 7) is 21.7. The van der Waals surface area contributed by atoms with Gasteiger partial charge in [-0.1, -0.05) is 77.0 Å². The Balaban J connectivity index is 3.40. The van der Waals surface area contributed by atoms with Gasteiger partial charge in [0, 0.05) is 19.9 Å². The van der Waals surface area contributed by atoms with E-state index in [4.69, 9.17) is 0 Å². The molecule has 4 atom stereocenters. The van der Waals surface area contributed by atoms with Crippen LogP contribution >= 0.6 is 0 Å². The van der Waals surface area contributed by atoms with Crippen molar-refractivity contribution in [1.29, 1.82) is 0 Å². The van der Waals surface area contributed by atoms with Crippen LogP contribution in [0.3, 0.4) is 0 Å². The highest BCUT2D eigenvalue weighted by Gasteiger charge is 2.33. The Hall–Kier alpha value is -2.70. The van der Waals surface area contributed by atoms with E-state index in [1.54, 1.807) is 14.0 Å². The average molecular weight is 502 g/mol. The lowest BCUT2D eigenvalue weighted by Gasteiger charge is -2.32. The molecule has 0 aliphatic carbocycles. The van der Waals surface area contributed by atoms with E-state index in [0.29, 0.717) is 5.57 Å². The van der Waals surface area contributed by atoms with Gasteiger partial charge in [0.25, 0.3) is 0 Å². The first-order chi connectivity index (χ1) is 16.4. The van der Waals surface area contributed by atoms with Crippen LogP contribution in [0.5, 0.6) is 0 Å². The van der Waals surface area contributed by atoms with Crippen LogP contribution in [0.25, 0.3) is 0 Å². The molecule has 1 fully saturated rings. The summed E-state index contributed by atoms with van der Waals surface area (Å²) < 4.78 is 0. The molecule has 0 saturated carbocycles. The van der Waals surface area contributed by atoms with Crippen molar-refractivity contribution in [3.63, 3.8) is 0 Å². The number of carbonyl (C=O) groups excluding carboxylic acids is 4. The summed E-state index contributed by atoms with van der Waals surface area (Å²) in [5, 5.41) is 5.49. The lowest BCUT2D eigenvalue weighted by Crippen LogP contribution is -2.55. The fourth-order valence-corrected chi connectivity index (χ4v) is 4.91. The molecule has 0 aromatic heterocycles. The minimum absolute atomic E-state index is 0.0181. The fraction of sp³-hybridized carbons (Fsp3) is 0.655. The van der Waals surface area contributed by atoms with E-state index >= 15 is 0 Å². The van der Waals surface area contributed by atoms with Gasteiger partial charge in [0.1, 0.15) is 12.1 Å². The van der Waals surface area contributed by atoms with Crippen molar-refractivity contribution in [1.82, 2.24) is 15.5 Å². The van der Waals surface area contributed by atoms with E-state index in [0.717, 1.165) is 11.1 Å². The predicted octanol–water partition coefficient (Wildman–Crippen LogP) is 4.20. The van der Waals surface area contributed by atoms with Gasteiger partial charge < -0.3 is 15.5 Å². The minimum atomic E-state index is -0.797. The lowest BCUT2D eigenvalue weighted by atomic mass is 9.78. The summed E-state index contributed by atoms with van der Waals surface area (Å²) in [5.41, 5.74) is 2.84. The Morgan fingerprint density at radius 2 is 1.69 bits per heavy atom. The summed E-state index contributed by atoms with van der Waals surface area (Å²) in [6.07, 6.45) is 4.54. The molecule has 3 amide bonds. The molecular formula is C29H47N3O4. The van der Waals surface area contributed by atoms with Crippen molar-refractivity contribution in [2.24, 2.45) is 23.2 Å². The molecule has 1 heterocycles. The van der Waals surface area contributed by atoms with E-state index in [1.807, 2.05) is 34.6 Å². The van der Waals surface area contributed by atoms with E-state index in [1.165, 1.54) is 4.90 Å². The van der Waals surface area contributed by atoms with Crippen molar-refractivity contribution in [2.75, 3.05) is 13.6 Å². The Bertz CT molecular complexity index is 923. The topological polar surface area (TPSA) is 95.6 Å². The monoisotopic (exact) mass is 501 g/mol. The number of hydrogen-bond donors (Lipinski definition) is 2. The fourth-order valence-electron chi connectivity index (χ4n) is 4.91. The first kappa shape index (κ1) is 31.3. The zero-order chi connectivity index (χ0) is 28.0. The van der Waals surface area contributed by atoms with E-state index < -0.39 is 12.1 Å². The first-order valence-corrected chi connectivity index (χ1v) is 12.8. The van der Waals surface area contributed by atoms with Crippen LogP contribution in [0, 0.1) is 23.2 Å². The number of rotatable bonds is 3. The van der Waals surface area contributed by atoms with Gasteiger partial charge in [-0.3, -0.25) is 19.2 Å². The second kappa shape index (κ2) is 13.0. The van der Waals surface area contributed by atoms with Crippen molar-refractivity contribution < 1.29 is 19.2 Å². The molecule has 202 valence electrons. The molecule has 0 aromatic carbocycles. The summed E-state index contributed by atoms with van der Waals surface area (Å²) >= 11 is 0. The molecular weight excluding hydrogens is 454 g/mol. The van der Waals surface area contributed by atoms with Crippen LogP contribution in [-0.2, 0) is 19.2 Å². The van der Waals surface area contributed by atoms with Crippen LogP contribution in [-0.4, -0.2) is 54.1 Å². The van der Waals surface area contributed by atoms with Gasteiger partial charge in [-0.2, -0.15) is 0 Å². The quantitative estimate of drug-likeness (QED) is 0.448. The smallest absolute Gasteiger partial charge is 0.245 e. The second-order valence-corrected chi connectivity index (χ2v) is 11.8. The lowest BCUT2D eigenvalue weighted by molar-refractivity contribution is -0.143. The molecule has 0 spiro atoms. The minimum Gasteiger partial charge on any atom is -0.347 e. The number of likely N-dealkylation sites (N-methyl/N-ethyl adjacent to an activating group) is 1. The third-order valence-corrected chi connectivity index (χ3v) is 6.66. The zero-order valence-electron chi connectivity index (χ0n) is 24.0. The molecule has 7 nitrogen and oxygen atoms in total. The molecule has 1 rings (SSSR count). The molecule has 2 N–H and O–H groups in total. The molecule has 1 aliphatic rings. The number of nitrogens with one attached hydrogen (secondary N) is 2. The maximum absolute atomic E-state index is 13.0. The molecule has 0 bridgehead atoms. The average Bonchev–Trinajstić information content (AvgIpc) is 2.72. The third kappa shape index (κ3) is 9.40. The van der Waals surface area contributed by atoms with Crippen LogP contribution in [0.1, 0.15) is 75.2 Å². The molecule has 1 saturated heterocycles. The summed E-state index contributed by atoms with van der Waals surface area (Å²) in [4.78, 5) is 53.1. The number of allylic oxidation sites excluding steroid dienone is 4. The van der Waals surface area contributed by atoms with Crippen LogP contribution in [0.15, 0.2) is 35.5 Å². The zero-order valence-corrected chi connectivity index (χ0v) is 24.0. The van der Waals surface area contributed by atoms with Gasteiger partial charge in [-0.25, -0.2) is 0 Å². The number of nitrogens with zero attached hydrogens (tertiary/aromatic N) is 1. The highest BCUT2D eigenvalue weighted by atomic mass is 16.2. The van der Waals surface area contributed by atoms with Crippen molar-refractivity contribution >= 4 is 23.5 Å². The van der Waals surface area contributed by atoms with E-state index in [9.17, 15) is 19.2 Å². The second-order valence-electron chi connectivity index (χ2n) is 11.8. The maximum atomic E-state index is 13.0. The molecule has 7 heteroatoms. The SMILES string of the molecule is C=C1CC(=O)N[C@@H](C)C(=O)N(C)[C@@H](C(C)C)C(=O)NCC(=O)C[C@@H](/C(C)=C/C(C)=C/C(C)(C)C)[C@H]1C. The Morgan fingerprint density at radius 3 is 2.22 bits per heavy atom. The largest absolute Gasteiger partial charge is 0.347 e. The van der Waals surface area contributed by atoms with Gasteiger partial charge in [-0.15, -0.1) is 0 Å². The highest BCUT2D eigenvalue weighted by molar-refractivity contribution is 5.94. The number of Topliss-reactive ketones (excluding diaryl/α,β-unsaturated/α-hetero) is 1. The van der Waals surface area contributed by atoms with E-state index in [-0.39, 0.29) is 66.1 Å². The first-order valence-electron chi connectivity index (χ1n) is 12.8. The molecule has 36 heavy (non-hydrogen) atoms. The Morgan fingerprint density at radius 1 is 1.11 bits per heavy atom. The maximum Gasteiger partial charge on any atom is 0.245 e. The van der Waals surface area contributed by atoms with Crippen LogP contribution < -0.4 is 10.6 Å². The molecule has 0 unspecified atom stereocenters. The number of hydrogen-bond acceptors (Lipinski definition) is 4. The standard InChI is InChI=1S/C29H47N3O4/c1-17(2)26-27(35)30-16-23(33)14-24(20(5)12-18(3)15-29(8,9)10)21(6)19(4)13-25(34)31-22(7)28(36)32(26)11/h12,15,17,21-22,24,26H,4,13-14,16H2,1-3,5-11H3,(H,30,35)(H,31,34)/b18-15+,20-12+/t21-,22-,24-,26-/m0/s1. The van der Waals surface area contributed by atoms with Crippen LogP contribution in [0.2, 0.25) is 0 Å². The van der Waals surface area contributed by atoms with Gasteiger partial charge in [0.05, 0.1) is 6.54 Å². The molecule has 0 aromatic rings. The molecule has 1 aliphatic heterocycles. The normalized spacial score (nSPS) is 27.0. The van der Waals surface area contributed by atoms with Gasteiger partial charge in [0.2, 0.25) is 17.7 Å². The summed E-state index contributed by atoms with van der Waals surface area (Å²) in [7, 11) is 1.55. The Labute approximate surface area is 217 Å².